The first-order valence-electron chi connectivity index (χ1n) is 5.80. The molecule has 0 fully saturated rings. The highest BCUT2D eigenvalue weighted by molar-refractivity contribution is 9.10. The molecule has 0 radical (unpaired) electrons. The number of ether oxygens (including phenoxy) is 1. The number of nitro groups is 1. The van der Waals surface area contributed by atoms with Gasteiger partial charge in [0.2, 0.25) is 0 Å². The van der Waals surface area contributed by atoms with Gasteiger partial charge in [0.1, 0.15) is 5.75 Å². The first kappa shape index (κ1) is 14.9. The second-order valence-corrected chi connectivity index (χ2v) is 5.90. The van der Waals surface area contributed by atoms with Crippen LogP contribution in [0.3, 0.4) is 0 Å². The quantitative estimate of drug-likeness (QED) is 0.445. The molecular weight excluding hydrogens is 342 g/mol. The number of rotatable bonds is 5. The lowest BCUT2D eigenvalue weighted by molar-refractivity contribution is -0.387. The Morgan fingerprint density at radius 1 is 1.30 bits per heavy atom. The third kappa shape index (κ3) is 3.52. The average Bonchev–Trinajstić information content (AvgIpc) is 2.45. The minimum Gasteiger partial charge on any atom is -0.496 e. The van der Waals surface area contributed by atoms with Gasteiger partial charge in [-0.05, 0) is 24.3 Å². The molecule has 0 aliphatic rings. The second-order valence-electron chi connectivity index (χ2n) is 3.97. The minimum absolute atomic E-state index is 0.131. The summed E-state index contributed by atoms with van der Waals surface area (Å²) in [6.45, 7) is 0. The molecule has 0 bridgehead atoms. The third-order valence-corrected chi connectivity index (χ3v) is 4.29. The summed E-state index contributed by atoms with van der Waals surface area (Å²) in [4.78, 5) is 11.3. The number of thioether (sulfide) groups is 1. The Morgan fingerprint density at radius 3 is 2.75 bits per heavy atom. The van der Waals surface area contributed by atoms with Crippen molar-refractivity contribution in [2.75, 3.05) is 7.11 Å². The number of hydrogen-bond donors (Lipinski definition) is 0. The lowest BCUT2D eigenvalue weighted by atomic mass is 10.2. The van der Waals surface area contributed by atoms with Crippen LogP contribution in [0.5, 0.6) is 5.75 Å². The van der Waals surface area contributed by atoms with Crippen molar-refractivity contribution in [2.45, 2.75) is 10.6 Å². The number of nitrogens with zero attached hydrogens (tertiary/aromatic N) is 1. The molecule has 0 saturated carbocycles. The molecule has 2 rings (SSSR count). The summed E-state index contributed by atoms with van der Waals surface area (Å²) in [6, 6.07) is 12.5. The van der Waals surface area contributed by atoms with E-state index in [-0.39, 0.29) is 10.6 Å². The molecule has 6 heteroatoms. The summed E-state index contributed by atoms with van der Waals surface area (Å²) >= 11 is 4.84. The zero-order valence-corrected chi connectivity index (χ0v) is 13.1. The van der Waals surface area contributed by atoms with Crippen molar-refractivity contribution in [2.24, 2.45) is 0 Å². The monoisotopic (exact) mass is 353 g/mol. The molecular formula is C14H12BrNO3S. The standard InChI is InChI=1S/C14H12BrNO3S/c1-19-13-7-6-11(15)8-10(13)9-20-14-5-3-2-4-12(14)16(17)18/h2-8H,9H2,1H3. The molecule has 104 valence electrons. The van der Waals surface area contributed by atoms with Crippen LogP contribution in [0.15, 0.2) is 51.8 Å². The molecule has 0 amide bonds. The number of hydrogen-bond acceptors (Lipinski definition) is 4. The summed E-state index contributed by atoms with van der Waals surface area (Å²) < 4.78 is 6.25. The van der Waals surface area contributed by atoms with Gasteiger partial charge in [-0.15, -0.1) is 11.8 Å². The van der Waals surface area contributed by atoms with Gasteiger partial charge < -0.3 is 4.74 Å². The predicted octanol–water partition coefficient (Wildman–Crippen LogP) is 4.66. The van der Waals surface area contributed by atoms with Crippen LogP contribution in [0.2, 0.25) is 0 Å². The van der Waals surface area contributed by atoms with E-state index in [1.807, 2.05) is 18.2 Å². The molecule has 0 saturated heterocycles. The van der Waals surface area contributed by atoms with Gasteiger partial charge in [0.15, 0.2) is 0 Å². The van der Waals surface area contributed by atoms with Gasteiger partial charge in [-0.2, -0.15) is 0 Å². The van der Waals surface area contributed by atoms with E-state index in [1.165, 1.54) is 17.8 Å². The maximum Gasteiger partial charge on any atom is 0.282 e. The number of methoxy groups -OCH3 is 1. The van der Waals surface area contributed by atoms with E-state index >= 15 is 0 Å². The summed E-state index contributed by atoms with van der Waals surface area (Å²) in [6.07, 6.45) is 0. The van der Waals surface area contributed by atoms with Crippen LogP contribution < -0.4 is 4.74 Å². The van der Waals surface area contributed by atoms with E-state index < -0.39 is 0 Å². The van der Waals surface area contributed by atoms with Gasteiger partial charge in [-0.25, -0.2) is 0 Å². The van der Waals surface area contributed by atoms with Gasteiger partial charge in [0.25, 0.3) is 5.69 Å². The average molecular weight is 354 g/mol. The fourth-order valence-electron chi connectivity index (χ4n) is 1.75. The van der Waals surface area contributed by atoms with Crippen molar-refractivity contribution in [1.29, 1.82) is 0 Å². The first-order valence-corrected chi connectivity index (χ1v) is 7.58. The van der Waals surface area contributed by atoms with Crippen molar-refractivity contribution in [1.82, 2.24) is 0 Å². The lowest BCUT2D eigenvalue weighted by Gasteiger charge is -2.09. The van der Waals surface area contributed by atoms with E-state index in [0.29, 0.717) is 10.6 Å². The normalized spacial score (nSPS) is 10.3. The van der Waals surface area contributed by atoms with Gasteiger partial charge in [0, 0.05) is 21.9 Å². The molecule has 20 heavy (non-hydrogen) atoms. The van der Waals surface area contributed by atoms with E-state index in [0.717, 1.165) is 15.8 Å². The number of benzene rings is 2. The van der Waals surface area contributed by atoms with Crippen LogP contribution in [0.1, 0.15) is 5.56 Å². The number of nitro benzene ring substituents is 1. The van der Waals surface area contributed by atoms with Crippen molar-refractivity contribution in [3.8, 4) is 5.75 Å². The van der Waals surface area contributed by atoms with Gasteiger partial charge >= 0.3 is 0 Å². The number of halogens is 1. The predicted molar refractivity (Wildman–Crippen MR) is 83.4 cm³/mol. The summed E-state index contributed by atoms with van der Waals surface area (Å²) in [5.41, 5.74) is 1.12. The number of para-hydroxylation sites is 1. The Labute approximate surface area is 129 Å². The third-order valence-electron chi connectivity index (χ3n) is 2.69. The smallest absolute Gasteiger partial charge is 0.282 e. The first-order chi connectivity index (χ1) is 9.61. The molecule has 0 spiro atoms. The molecule has 0 aromatic heterocycles. The topological polar surface area (TPSA) is 52.4 Å². The minimum atomic E-state index is -0.361. The van der Waals surface area contributed by atoms with Gasteiger partial charge in [-0.1, -0.05) is 28.1 Å². The SMILES string of the molecule is COc1ccc(Br)cc1CSc1ccccc1[N+](=O)[O-]. The second kappa shape index (κ2) is 6.76. The Bertz CT molecular complexity index is 634. The van der Waals surface area contributed by atoms with E-state index in [2.05, 4.69) is 15.9 Å². The Balaban J connectivity index is 2.21. The maximum absolute atomic E-state index is 11.0. The van der Waals surface area contributed by atoms with Crippen LogP contribution in [0.4, 0.5) is 5.69 Å². The molecule has 0 aliphatic carbocycles. The fraction of sp³-hybridized carbons (Fsp3) is 0.143. The van der Waals surface area contributed by atoms with E-state index in [9.17, 15) is 10.1 Å². The molecule has 2 aromatic rings. The fourth-order valence-corrected chi connectivity index (χ4v) is 3.16. The molecule has 0 atom stereocenters. The van der Waals surface area contributed by atoms with Crippen molar-refractivity contribution in [3.63, 3.8) is 0 Å². The van der Waals surface area contributed by atoms with Crippen molar-refractivity contribution >= 4 is 33.4 Å². The summed E-state index contributed by atoms with van der Waals surface area (Å²) in [7, 11) is 1.61. The zero-order valence-electron chi connectivity index (χ0n) is 10.7. The van der Waals surface area contributed by atoms with Crippen LogP contribution in [-0.4, -0.2) is 12.0 Å². The molecule has 4 nitrogen and oxygen atoms in total. The largest absolute Gasteiger partial charge is 0.496 e. The van der Waals surface area contributed by atoms with Crippen LogP contribution in [-0.2, 0) is 5.75 Å². The molecule has 0 aliphatic heterocycles. The zero-order chi connectivity index (χ0) is 14.5. The summed E-state index contributed by atoms with van der Waals surface area (Å²) in [5.74, 6) is 1.38. The highest BCUT2D eigenvalue weighted by atomic mass is 79.9. The Kier molecular flexibility index (Phi) is 5.03. The van der Waals surface area contributed by atoms with E-state index in [1.54, 1.807) is 25.3 Å². The van der Waals surface area contributed by atoms with Crippen molar-refractivity contribution in [3.05, 3.63) is 62.6 Å². The lowest BCUT2D eigenvalue weighted by Crippen LogP contribution is -1.93. The van der Waals surface area contributed by atoms with Gasteiger partial charge in [0.05, 0.1) is 16.9 Å². The Hall–Kier alpha value is -1.53. The Morgan fingerprint density at radius 2 is 2.05 bits per heavy atom. The van der Waals surface area contributed by atoms with Crippen LogP contribution >= 0.6 is 27.7 Å². The van der Waals surface area contributed by atoms with Crippen LogP contribution in [0, 0.1) is 10.1 Å². The van der Waals surface area contributed by atoms with Crippen molar-refractivity contribution < 1.29 is 9.66 Å². The van der Waals surface area contributed by atoms with Gasteiger partial charge in [-0.3, -0.25) is 10.1 Å². The van der Waals surface area contributed by atoms with Crippen LogP contribution in [0.25, 0.3) is 0 Å². The molecule has 0 unspecified atom stereocenters. The molecule has 0 heterocycles. The van der Waals surface area contributed by atoms with E-state index in [4.69, 9.17) is 4.74 Å². The highest BCUT2D eigenvalue weighted by Crippen LogP contribution is 2.34. The maximum atomic E-state index is 11.0. The summed E-state index contributed by atoms with van der Waals surface area (Å²) in [5, 5.41) is 11.0. The molecule has 2 aromatic carbocycles. The highest BCUT2D eigenvalue weighted by Gasteiger charge is 2.13. The molecule has 0 N–H and O–H groups in total.